The van der Waals surface area contributed by atoms with Crippen molar-refractivity contribution >= 4 is 0 Å². The van der Waals surface area contributed by atoms with Gasteiger partial charge in [0.15, 0.2) is 0 Å². The lowest BCUT2D eigenvalue weighted by Crippen LogP contribution is -2.45. The number of hydrogen-bond acceptors (Lipinski definition) is 2. The molecule has 1 rings (SSSR count). The molecule has 2 heteroatoms. The van der Waals surface area contributed by atoms with Crippen LogP contribution in [0.1, 0.15) is 33.1 Å². The van der Waals surface area contributed by atoms with Crippen molar-refractivity contribution in [1.82, 2.24) is 4.90 Å². The molecule has 0 aromatic rings. The molecule has 1 heterocycles. The van der Waals surface area contributed by atoms with Crippen molar-refractivity contribution in [1.29, 1.82) is 0 Å². The number of rotatable bonds is 5. The predicted octanol–water partition coefficient (Wildman–Crippen LogP) is 2.91. The second kappa shape index (κ2) is 6.77. The van der Waals surface area contributed by atoms with Crippen molar-refractivity contribution in [3.05, 3.63) is 36.5 Å². The Kier molecular flexibility index (Phi) is 5.66. The van der Waals surface area contributed by atoms with E-state index in [1.54, 1.807) is 6.08 Å². The number of hydrogen-bond donors (Lipinski definition) is 1. The molecule has 1 N–H and O–H groups in total. The van der Waals surface area contributed by atoms with Gasteiger partial charge in [0.1, 0.15) is 0 Å². The van der Waals surface area contributed by atoms with E-state index >= 15 is 0 Å². The van der Waals surface area contributed by atoms with Crippen LogP contribution in [0, 0.1) is 0 Å². The maximum absolute atomic E-state index is 10.7. The summed E-state index contributed by atoms with van der Waals surface area (Å²) in [6, 6.07) is 0. The van der Waals surface area contributed by atoms with Gasteiger partial charge in [-0.2, -0.15) is 0 Å². The highest BCUT2D eigenvalue weighted by molar-refractivity contribution is 5.32. The van der Waals surface area contributed by atoms with Gasteiger partial charge in [0.25, 0.3) is 0 Å². The van der Waals surface area contributed by atoms with Crippen molar-refractivity contribution in [2.45, 2.75) is 38.7 Å². The highest BCUT2D eigenvalue weighted by Gasteiger charge is 2.33. The summed E-state index contributed by atoms with van der Waals surface area (Å²) in [5.41, 5.74) is 0.330. The second-order valence-electron chi connectivity index (χ2n) is 4.73. The standard InChI is InChI=1S/C15H25NO/c1-4-7-14(8-5-2)15(17)9-12-16(11-6-3)13-10-15/h4-5,7-8,17H,1,6,9-13H2,2-3H3/b8-5-,14-7+. The Labute approximate surface area is 105 Å². The normalized spacial score (nSPS) is 21.9. The molecular weight excluding hydrogens is 210 g/mol. The van der Waals surface area contributed by atoms with Crippen LogP contribution in [-0.4, -0.2) is 35.2 Å². The third-order valence-corrected chi connectivity index (χ3v) is 3.40. The van der Waals surface area contributed by atoms with Crippen LogP contribution in [0.2, 0.25) is 0 Å². The number of piperidine rings is 1. The summed E-state index contributed by atoms with van der Waals surface area (Å²) in [6.45, 7) is 11.0. The van der Waals surface area contributed by atoms with Crippen LogP contribution in [0.5, 0.6) is 0 Å². The molecule has 96 valence electrons. The zero-order chi connectivity index (χ0) is 12.7. The van der Waals surface area contributed by atoms with Gasteiger partial charge in [-0.25, -0.2) is 0 Å². The quantitative estimate of drug-likeness (QED) is 0.741. The fraction of sp³-hybridized carbons (Fsp3) is 0.600. The lowest BCUT2D eigenvalue weighted by atomic mass is 9.83. The van der Waals surface area contributed by atoms with E-state index in [2.05, 4.69) is 18.4 Å². The van der Waals surface area contributed by atoms with Gasteiger partial charge in [-0.3, -0.25) is 0 Å². The van der Waals surface area contributed by atoms with E-state index in [1.165, 1.54) is 6.42 Å². The number of nitrogens with zero attached hydrogens (tertiary/aromatic N) is 1. The zero-order valence-electron chi connectivity index (χ0n) is 11.2. The molecule has 0 aliphatic carbocycles. The van der Waals surface area contributed by atoms with Gasteiger partial charge in [-0.15, -0.1) is 0 Å². The maximum Gasteiger partial charge on any atom is 0.0920 e. The summed E-state index contributed by atoms with van der Waals surface area (Å²) in [5.74, 6) is 0. The summed E-state index contributed by atoms with van der Waals surface area (Å²) in [7, 11) is 0. The maximum atomic E-state index is 10.7. The van der Waals surface area contributed by atoms with E-state index in [1.807, 2.05) is 25.2 Å². The SMILES string of the molecule is C=C/C=C(\C=C/C)C1(O)CCN(CCC)CC1. The molecule has 0 atom stereocenters. The lowest BCUT2D eigenvalue weighted by Gasteiger charge is -2.39. The van der Waals surface area contributed by atoms with Gasteiger partial charge in [-0.1, -0.05) is 37.8 Å². The molecule has 1 saturated heterocycles. The van der Waals surface area contributed by atoms with E-state index in [4.69, 9.17) is 0 Å². The van der Waals surface area contributed by atoms with E-state index < -0.39 is 5.60 Å². The average Bonchev–Trinajstić information content (AvgIpc) is 2.32. The molecule has 0 spiro atoms. The molecule has 0 amide bonds. The Morgan fingerprint density at radius 1 is 1.41 bits per heavy atom. The molecule has 0 radical (unpaired) electrons. The van der Waals surface area contributed by atoms with E-state index in [9.17, 15) is 5.11 Å². The van der Waals surface area contributed by atoms with E-state index in [0.29, 0.717) is 0 Å². The van der Waals surface area contributed by atoms with Crippen molar-refractivity contribution < 1.29 is 5.11 Å². The minimum Gasteiger partial charge on any atom is -0.385 e. The Morgan fingerprint density at radius 3 is 2.53 bits per heavy atom. The summed E-state index contributed by atoms with van der Waals surface area (Å²) < 4.78 is 0. The average molecular weight is 235 g/mol. The number of aliphatic hydroxyl groups is 1. The predicted molar refractivity (Wildman–Crippen MR) is 74.0 cm³/mol. The zero-order valence-corrected chi connectivity index (χ0v) is 11.2. The van der Waals surface area contributed by atoms with Gasteiger partial charge < -0.3 is 10.0 Å². The molecular formula is C15H25NO. The van der Waals surface area contributed by atoms with Crippen molar-refractivity contribution in [2.24, 2.45) is 0 Å². The molecule has 1 fully saturated rings. The Balaban J connectivity index is 2.70. The third kappa shape index (κ3) is 3.83. The molecule has 17 heavy (non-hydrogen) atoms. The topological polar surface area (TPSA) is 23.5 Å². The first-order valence-electron chi connectivity index (χ1n) is 6.57. The summed E-state index contributed by atoms with van der Waals surface area (Å²) in [6.07, 6.45) is 10.5. The molecule has 0 saturated carbocycles. The molecule has 2 nitrogen and oxygen atoms in total. The number of likely N-dealkylation sites (tertiary alicyclic amines) is 1. The summed E-state index contributed by atoms with van der Waals surface area (Å²) >= 11 is 0. The fourth-order valence-electron chi connectivity index (χ4n) is 2.42. The first kappa shape index (κ1) is 14.2. The first-order valence-corrected chi connectivity index (χ1v) is 6.57. The van der Waals surface area contributed by atoms with Crippen molar-refractivity contribution in [3.63, 3.8) is 0 Å². The molecule has 1 aliphatic rings. The second-order valence-corrected chi connectivity index (χ2v) is 4.73. The monoisotopic (exact) mass is 235 g/mol. The van der Waals surface area contributed by atoms with Crippen LogP contribution >= 0.6 is 0 Å². The van der Waals surface area contributed by atoms with Crippen LogP contribution in [0.15, 0.2) is 36.5 Å². The van der Waals surface area contributed by atoms with Crippen LogP contribution < -0.4 is 0 Å². The minimum absolute atomic E-state index is 0.662. The van der Waals surface area contributed by atoms with Crippen molar-refractivity contribution in [3.8, 4) is 0 Å². The summed E-state index contributed by atoms with van der Waals surface area (Å²) in [5, 5.41) is 10.7. The Hall–Kier alpha value is -0.860. The summed E-state index contributed by atoms with van der Waals surface area (Å²) in [4.78, 5) is 2.43. The minimum atomic E-state index is -0.662. The van der Waals surface area contributed by atoms with Gasteiger partial charge in [0.05, 0.1) is 5.60 Å². The highest BCUT2D eigenvalue weighted by atomic mass is 16.3. The first-order chi connectivity index (χ1) is 8.16. The van der Waals surface area contributed by atoms with Gasteiger partial charge >= 0.3 is 0 Å². The third-order valence-electron chi connectivity index (χ3n) is 3.40. The van der Waals surface area contributed by atoms with Crippen LogP contribution in [0.4, 0.5) is 0 Å². The molecule has 0 aromatic heterocycles. The highest BCUT2D eigenvalue weighted by Crippen LogP contribution is 2.30. The number of allylic oxidation sites excluding steroid dienone is 3. The smallest absolute Gasteiger partial charge is 0.0920 e. The molecule has 1 aliphatic heterocycles. The van der Waals surface area contributed by atoms with E-state index in [-0.39, 0.29) is 0 Å². The lowest BCUT2D eigenvalue weighted by molar-refractivity contribution is 0.0123. The fourth-order valence-corrected chi connectivity index (χ4v) is 2.42. The Bertz CT molecular complexity index is 296. The van der Waals surface area contributed by atoms with Gasteiger partial charge in [0.2, 0.25) is 0 Å². The Morgan fingerprint density at radius 2 is 2.06 bits per heavy atom. The van der Waals surface area contributed by atoms with Gasteiger partial charge in [0, 0.05) is 13.1 Å². The van der Waals surface area contributed by atoms with Crippen LogP contribution in [-0.2, 0) is 0 Å². The molecule has 0 bridgehead atoms. The van der Waals surface area contributed by atoms with Crippen LogP contribution in [0.3, 0.4) is 0 Å². The van der Waals surface area contributed by atoms with E-state index in [0.717, 1.165) is 38.0 Å². The van der Waals surface area contributed by atoms with Crippen molar-refractivity contribution in [2.75, 3.05) is 19.6 Å². The largest absolute Gasteiger partial charge is 0.385 e. The molecule has 0 aromatic carbocycles. The molecule has 0 unspecified atom stereocenters. The van der Waals surface area contributed by atoms with Gasteiger partial charge in [-0.05, 0) is 38.3 Å². The van der Waals surface area contributed by atoms with Crippen LogP contribution in [0.25, 0.3) is 0 Å².